The van der Waals surface area contributed by atoms with E-state index in [0.717, 1.165) is 30.5 Å². The number of aryl methyl sites for hydroxylation is 1. The van der Waals surface area contributed by atoms with E-state index in [-0.39, 0.29) is 6.04 Å². The molecule has 2 unspecified atom stereocenters. The molecule has 1 saturated heterocycles. The Hall–Kier alpha value is -0.660. The topological polar surface area (TPSA) is 78.9 Å². The van der Waals surface area contributed by atoms with Crippen molar-refractivity contribution in [1.82, 2.24) is 20.2 Å². The third-order valence-corrected chi connectivity index (χ3v) is 3.71. The van der Waals surface area contributed by atoms with E-state index in [1.54, 1.807) is 16.4 Å². The molecule has 0 radical (unpaired) electrons. The van der Waals surface area contributed by atoms with Crippen molar-refractivity contribution in [3.63, 3.8) is 0 Å². The highest BCUT2D eigenvalue weighted by molar-refractivity contribution is 7.99. The quantitative estimate of drug-likeness (QED) is 0.712. The second kappa shape index (κ2) is 4.91. The summed E-state index contributed by atoms with van der Waals surface area (Å²) in [4.78, 5) is 0. The Balaban J connectivity index is 1.80. The van der Waals surface area contributed by atoms with Gasteiger partial charge in [-0.15, -0.1) is 5.10 Å². The van der Waals surface area contributed by atoms with Crippen molar-refractivity contribution >= 4 is 11.8 Å². The fraction of sp³-hybridized carbons (Fsp3) is 0.875. The molecule has 2 rings (SSSR count). The number of rotatable bonds is 4. The third-order valence-electron chi connectivity index (χ3n) is 2.56. The van der Waals surface area contributed by atoms with Gasteiger partial charge in [0.1, 0.15) is 0 Å². The fourth-order valence-corrected chi connectivity index (χ4v) is 2.47. The Bertz CT molecular complexity index is 312. The van der Waals surface area contributed by atoms with Gasteiger partial charge in [-0.1, -0.05) is 11.8 Å². The molecule has 1 fully saturated rings. The first kappa shape index (κ1) is 10.8. The van der Waals surface area contributed by atoms with Crippen LogP contribution in [0.3, 0.4) is 0 Å². The number of hydrogen-bond acceptors (Lipinski definition) is 6. The number of nitrogens with zero attached hydrogens (tertiary/aromatic N) is 4. The third kappa shape index (κ3) is 2.67. The van der Waals surface area contributed by atoms with E-state index in [2.05, 4.69) is 15.5 Å². The van der Waals surface area contributed by atoms with Crippen molar-refractivity contribution in [2.45, 2.75) is 17.6 Å². The van der Waals surface area contributed by atoms with Crippen LogP contribution in [0.15, 0.2) is 5.16 Å². The number of thioether (sulfide) groups is 1. The summed E-state index contributed by atoms with van der Waals surface area (Å²) in [5.41, 5.74) is 6.07. The summed E-state index contributed by atoms with van der Waals surface area (Å²) in [6, 6.07) is 0.161. The van der Waals surface area contributed by atoms with Crippen LogP contribution in [-0.4, -0.2) is 45.2 Å². The normalized spacial score (nSPS) is 23.2. The lowest BCUT2D eigenvalue weighted by Crippen LogP contribution is -2.32. The van der Waals surface area contributed by atoms with Crippen LogP contribution in [0.1, 0.15) is 6.42 Å². The van der Waals surface area contributed by atoms with Crippen LogP contribution in [0.5, 0.6) is 0 Å². The minimum atomic E-state index is 0.161. The number of nitrogens with two attached hydrogens (primary N) is 1. The van der Waals surface area contributed by atoms with Crippen LogP contribution in [0.4, 0.5) is 0 Å². The second-order valence-corrected chi connectivity index (χ2v) is 4.67. The summed E-state index contributed by atoms with van der Waals surface area (Å²) < 4.78 is 6.96. The second-order valence-electron chi connectivity index (χ2n) is 3.68. The van der Waals surface area contributed by atoms with E-state index in [1.165, 1.54) is 0 Å². The average molecular weight is 229 g/mol. The molecule has 1 aliphatic rings. The van der Waals surface area contributed by atoms with Crippen LogP contribution in [0.2, 0.25) is 0 Å². The zero-order valence-electron chi connectivity index (χ0n) is 8.67. The van der Waals surface area contributed by atoms with Crippen molar-refractivity contribution < 1.29 is 4.74 Å². The Morgan fingerprint density at radius 2 is 2.60 bits per heavy atom. The first-order chi connectivity index (χ1) is 7.27. The highest BCUT2D eigenvalue weighted by atomic mass is 32.2. The molecule has 7 heteroatoms. The Kier molecular flexibility index (Phi) is 3.55. The predicted molar refractivity (Wildman–Crippen MR) is 56.4 cm³/mol. The molecule has 2 N–H and O–H groups in total. The van der Waals surface area contributed by atoms with Crippen molar-refractivity contribution in [3.8, 4) is 0 Å². The summed E-state index contributed by atoms with van der Waals surface area (Å²) >= 11 is 1.59. The van der Waals surface area contributed by atoms with Gasteiger partial charge in [-0.3, -0.25) is 0 Å². The molecule has 0 bridgehead atoms. The predicted octanol–water partition coefficient (Wildman–Crippen LogP) is -0.334. The maximum Gasteiger partial charge on any atom is 0.209 e. The number of hydrogen-bond donors (Lipinski definition) is 1. The lowest BCUT2D eigenvalue weighted by atomic mass is 10.0. The lowest BCUT2D eigenvalue weighted by molar-refractivity contribution is 0.182. The molecular weight excluding hydrogens is 214 g/mol. The van der Waals surface area contributed by atoms with Crippen LogP contribution >= 0.6 is 11.8 Å². The van der Waals surface area contributed by atoms with Gasteiger partial charge in [-0.2, -0.15) is 0 Å². The van der Waals surface area contributed by atoms with E-state index in [0.29, 0.717) is 5.92 Å². The van der Waals surface area contributed by atoms with Crippen LogP contribution in [0, 0.1) is 5.92 Å². The Morgan fingerprint density at radius 1 is 1.73 bits per heavy atom. The lowest BCUT2D eigenvalue weighted by Gasteiger charge is -2.16. The smallest absolute Gasteiger partial charge is 0.209 e. The SMILES string of the molecule is Cn1nnnc1SCC(N)C1CCOC1. The molecule has 0 saturated carbocycles. The highest BCUT2D eigenvalue weighted by Crippen LogP contribution is 2.21. The average Bonchev–Trinajstić information content (AvgIpc) is 2.85. The molecule has 0 aliphatic carbocycles. The molecule has 15 heavy (non-hydrogen) atoms. The first-order valence-electron chi connectivity index (χ1n) is 4.96. The van der Waals surface area contributed by atoms with E-state index in [1.807, 2.05) is 7.05 Å². The van der Waals surface area contributed by atoms with E-state index in [9.17, 15) is 0 Å². The summed E-state index contributed by atoms with van der Waals surface area (Å²) in [6.45, 7) is 1.63. The molecule has 6 nitrogen and oxygen atoms in total. The van der Waals surface area contributed by atoms with Gasteiger partial charge in [-0.05, 0) is 16.8 Å². The number of tetrazole rings is 1. The van der Waals surface area contributed by atoms with Gasteiger partial charge in [-0.25, -0.2) is 4.68 Å². The minimum absolute atomic E-state index is 0.161. The summed E-state index contributed by atoms with van der Waals surface area (Å²) in [6.07, 6.45) is 1.07. The fourth-order valence-electron chi connectivity index (χ4n) is 1.54. The molecule has 0 spiro atoms. The monoisotopic (exact) mass is 229 g/mol. The maximum atomic E-state index is 6.07. The molecule has 84 valence electrons. The van der Waals surface area contributed by atoms with Gasteiger partial charge in [0.15, 0.2) is 0 Å². The number of ether oxygens (including phenoxy) is 1. The standard InChI is InChI=1S/C8H15N5OS/c1-13-8(10-11-12-13)15-5-7(9)6-2-3-14-4-6/h6-7H,2-5,9H2,1H3. The molecule has 1 aliphatic heterocycles. The Morgan fingerprint density at radius 3 is 3.20 bits per heavy atom. The highest BCUT2D eigenvalue weighted by Gasteiger charge is 2.23. The molecule has 1 aromatic rings. The van der Waals surface area contributed by atoms with Crippen LogP contribution in [0.25, 0.3) is 0 Å². The summed E-state index contributed by atoms with van der Waals surface area (Å²) in [5, 5.41) is 12.0. The molecule has 2 heterocycles. The molecule has 0 aromatic carbocycles. The van der Waals surface area contributed by atoms with Gasteiger partial charge >= 0.3 is 0 Å². The van der Waals surface area contributed by atoms with Crippen molar-refractivity contribution in [2.24, 2.45) is 18.7 Å². The van der Waals surface area contributed by atoms with Crippen molar-refractivity contribution in [3.05, 3.63) is 0 Å². The first-order valence-corrected chi connectivity index (χ1v) is 5.94. The molecular formula is C8H15N5OS. The number of aromatic nitrogens is 4. The van der Waals surface area contributed by atoms with Gasteiger partial charge in [0.2, 0.25) is 5.16 Å². The van der Waals surface area contributed by atoms with Gasteiger partial charge < -0.3 is 10.5 Å². The van der Waals surface area contributed by atoms with Gasteiger partial charge in [0.05, 0.1) is 6.61 Å². The van der Waals surface area contributed by atoms with E-state index in [4.69, 9.17) is 10.5 Å². The van der Waals surface area contributed by atoms with Crippen molar-refractivity contribution in [2.75, 3.05) is 19.0 Å². The van der Waals surface area contributed by atoms with Crippen LogP contribution < -0.4 is 5.73 Å². The largest absolute Gasteiger partial charge is 0.381 e. The van der Waals surface area contributed by atoms with E-state index >= 15 is 0 Å². The minimum Gasteiger partial charge on any atom is -0.381 e. The molecule has 2 atom stereocenters. The summed E-state index contributed by atoms with van der Waals surface area (Å²) in [7, 11) is 1.83. The molecule has 1 aromatic heterocycles. The zero-order chi connectivity index (χ0) is 10.7. The van der Waals surface area contributed by atoms with Gasteiger partial charge in [0, 0.05) is 31.4 Å². The van der Waals surface area contributed by atoms with Crippen LogP contribution in [-0.2, 0) is 11.8 Å². The van der Waals surface area contributed by atoms with Gasteiger partial charge in [0.25, 0.3) is 0 Å². The van der Waals surface area contributed by atoms with Crippen molar-refractivity contribution in [1.29, 1.82) is 0 Å². The van der Waals surface area contributed by atoms with E-state index < -0.39 is 0 Å². The summed E-state index contributed by atoms with van der Waals surface area (Å²) in [5.74, 6) is 1.32. The Labute approximate surface area is 92.5 Å². The zero-order valence-corrected chi connectivity index (χ0v) is 9.48. The maximum absolute atomic E-state index is 6.07. The molecule has 0 amide bonds.